The highest BCUT2D eigenvalue weighted by Gasteiger charge is 2.32. The van der Waals surface area contributed by atoms with Crippen LogP contribution >= 0.6 is 11.8 Å². The first kappa shape index (κ1) is 21.3. The van der Waals surface area contributed by atoms with Crippen LogP contribution in [0.25, 0.3) is 5.57 Å². The van der Waals surface area contributed by atoms with E-state index in [0.29, 0.717) is 19.7 Å². The summed E-state index contributed by atoms with van der Waals surface area (Å²) in [7, 11) is 0. The van der Waals surface area contributed by atoms with Gasteiger partial charge in [0.05, 0.1) is 25.8 Å². The predicted molar refractivity (Wildman–Crippen MR) is 118 cm³/mol. The number of anilines is 1. The summed E-state index contributed by atoms with van der Waals surface area (Å²) in [6.45, 7) is 2.74. The fraction of sp³-hybridized carbons (Fsp3) is 0.364. The summed E-state index contributed by atoms with van der Waals surface area (Å²) in [5.41, 5.74) is 3.12. The minimum Gasteiger partial charge on any atom is -0.442 e. The molecule has 3 heterocycles. The molecule has 1 N–H and O–H groups in total. The third kappa shape index (κ3) is 5.62. The van der Waals surface area contributed by atoms with Crippen molar-refractivity contribution in [3.63, 3.8) is 0 Å². The number of nitrogens with zero attached hydrogens (tertiary/aromatic N) is 3. The van der Waals surface area contributed by atoms with Gasteiger partial charge in [-0.2, -0.15) is 0 Å². The first-order valence-corrected chi connectivity index (χ1v) is 11.1. The second-order valence-electron chi connectivity index (χ2n) is 7.33. The molecule has 1 aromatic heterocycles. The van der Waals surface area contributed by atoms with Gasteiger partial charge >= 0.3 is 6.09 Å². The molecule has 9 heteroatoms. The van der Waals surface area contributed by atoms with E-state index in [0.717, 1.165) is 28.6 Å². The number of hydrogen-bond acceptors (Lipinski definition) is 7. The van der Waals surface area contributed by atoms with Gasteiger partial charge in [-0.3, -0.25) is 9.69 Å². The molecule has 0 spiro atoms. The molecule has 8 nitrogen and oxygen atoms in total. The first-order valence-electron chi connectivity index (χ1n) is 10.1. The molecule has 0 aliphatic carbocycles. The molecule has 2 aliphatic rings. The van der Waals surface area contributed by atoms with Gasteiger partial charge in [0.2, 0.25) is 5.91 Å². The number of nitrogens with one attached hydrogen (secondary N) is 1. The van der Waals surface area contributed by atoms with Crippen LogP contribution in [0.4, 0.5) is 10.5 Å². The van der Waals surface area contributed by atoms with Crippen LogP contribution in [-0.4, -0.2) is 59.6 Å². The number of aromatic nitrogens is 2. The van der Waals surface area contributed by atoms with Crippen molar-refractivity contribution in [3.8, 4) is 0 Å². The van der Waals surface area contributed by atoms with Crippen molar-refractivity contribution >= 4 is 35.0 Å². The Balaban J connectivity index is 1.34. The molecule has 0 saturated carbocycles. The summed E-state index contributed by atoms with van der Waals surface area (Å²) in [4.78, 5) is 33.3. The largest absolute Gasteiger partial charge is 0.442 e. The van der Waals surface area contributed by atoms with Gasteiger partial charge in [0, 0.05) is 30.8 Å². The Kier molecular flexibility index (Phi) is 6.83. The van der Waals surface area contributed by atoms with Crippen LogP contribution in [0.1, 0.15) is 18.9 Å². The Hall–Kier alpha value is -2.91. The molecular formula is C22H24N4O4S. The van der Waals surface area contributed by atoms with E-state index in [2.05, 4.69) is 21.4 Å². The van der Waals surface area contributed by atoms with Crippen LogP contribution in [0.15, 0.2) is 54.0 Å². The van der Waals surface area contributed by atoms with Gasteiger partial charge in [0.15, 0.2) is 5.16 Å². The SMILES string of the molecule is CC(=O)NC[C@H]1CN(c2ccc(C3=CCOC(CSc4ncccn4)C3)cc2)C(=O)O1. The van der Waals surface area contributed by atoms with E-state index >= 15 is 0 Å². The minimum absolute atomic E-state index is 0.0941. The van der Waals surface area contributed by atoms with Gasteiger partial charge in [-0.1, -0.05) is 30.0 Å². The highest BCUT2D eigenvalue weighted by molar-refractivity contribution is 7.99. The number of benzene rings is 1. The second kappa shape index (κ2) is 9.93. The number of ether oxygens (including phenoxy) is 2. The lowest BCUT2D eigenvalue weighted by atomic mass is 9.98. The lowest BCUT2D eigenvalue weighted by molar-refractivity contribution is -0.119. The molecule has 0 radical (unpaired) electrons. The molecular weight excluding hydrogens is 416 g/mol. The Morgan fingerprint density at radius 1 is 1.23 bits per heavy atom. The molecule has 1 fully saturated rings. The summed E-state index contributed by atoms with van der Waals surface area (Å²) >= 11 is 1.59. The highest BCUT2D eigenvalue weighted by atomic mass is 32.2. The molecule has 31 heavy (non-hydrogen) atoms. The maximum atomic E-state index is 12.2. The van der Waals surface area contributed by atoms with E-state index in [1.165, 1.54) is 12.5 Å². The van der Waals surface area contributed by atoms with Crippen LogP contribution in [-0.2, 0) is 14.3 Å². The summed E-state index contributed by atoms with van der Waals surface area (Å²) in [6, 6.07) is 9.69. The lowest BCUT2D eigenvalue weighted by Crippen LogP contribution is -2.33. The van der Waals surface area contributed by atoms with Crippen LogP contribution in [0.5, 0.6) is 0 Å². The van der Waals surface area contributed by atoms with Crippen molar-refractivity contribution < 1.29 is 19.1 Å². The molecule has 162 valence electrons. The van der Waals surface area contributed by atoms with Crippen molar-refractivity contribution in [2.45, 2.75) is 30.7 Å². The van der Waals surface area contributed by atoms with Gasteiger partial charge in [-0.25, -0.2) is 14.8 Å². The average molecular weight is 441 g/mol. The van der Waals surface area contributed by atoms with E-state index in [1.807, 2.05) is 24.3 Å². The molecule has 2 atom stereocenters. The number of amides is 2. The highest BCUT2D eigenvalue weighted by Crippen LogP contribution is 2.30. The smallest absolute Gasteiger partial charge is 0.414 e. The normalized spacial score (nSPS) is 20.9. The minimum atomic E-state index is -0.395. The van der Waals surface area contributed by atoms with E-state index in [4.69, 9.17) is 9.47 Å². The van der Waals surface area contributed by atoms with E-state index < -0.39 is 6.09 Å². The molecule has 2 aliphatic heterocycles. The third-order valence-electron chi connectivity index (χ3n) is 5.05. The Labute approximate surface area is 185 Å². The van der Waals surface area contributed by atoms with Gasteiger partial charge in [-0.15, -0.1) is 0 Å². The van der Waals surface area contributed by atoms with Crippen molar-refractivity contribution in [2.24, 2.45) is 0 Å². The summed E-state index contributed by atoms with van der Waals surface area (Å²) in [5.74, 6) is 0.644. The molecule has 1 aromatic carbocycles. The van der Waals surface area contributed by atoms with Crippen LogP contribution in [0, 0.1) is 0 Å². The van der Waals surface area contributed by atoms with E-state index in [9.17, 15) is 9.59 Å². The maximum absolute atomic E-state index is 12.2. The van der Waals surface area contributed by atoms with Gasteiger partial charge in [0.1, 0.15) is 6.10 Å². The predicted octanol–water partition coefficient (Wildman–Crippen LogP) is 2.90. The van der Waals surface area contributed by atoms with Crippen LogP contribution < -0.4 is 10.2 Å². The molecule has 0 bridgehead atoms. The fourth-order valence-corrected chi connectivity index (χ4v) is 4.31. The molecule has 2 aromatic rings. The van der Waals surface area contributed by atoms with Gasteiger partial charge in [0.25, 0.3) is 0 Å². The van der Waals surface area contributed by atoms with Gasteiger partial charge < -0.3 is 14.8 Å². The second-order valence-corrected chi connectivity index (χ2v) is 8.32. The van der Waals surface area contributed by atoms with Crippen molar-refractivity contribution in [3.05, 3.63) is 54.4 Å². The number of hydrogen-bond donors (Lipinski definition) is 1. The Morgan fingerprint density at radius 3 is 2.74 bits per heavy atom. The Morgan fingerprint density at radius 2 is 2.00 bits per heavy atom. The number of carbonyl (C=O) groups is 2. The number of carbonyl (C=O) groups excluding carboxylic acids is 2. The molecule has 4 rings (SSSR count). The van der Waals surface area contributed by atoms with Gasteiger partial charge in [-0.05, 0) is 35.8 Å². The molecule has 2 amide bonds. The van der Waals surface area contributed by atoms with Crippen LogP contribution in [0.2, 0.25) is 0 Å². The molecule has 1 saturated heterocycles. The Bertz CT molecular complexity index is 952. The summed E-state index contributed by atoms with van der Waals surface area (Å²) in [6.07, 6.45) is 5.74. The third-order valence-corrected chi connectivity index (χ3v) is 6.06. The van der Waals surface area contributed by atoms with Crippen LogP contribution in [0.3, 0.4) is 0 Å². The first-order chi connectivity index (χ1) is 15.1. The van der Waals surface area contributed by atoms with E-state index in [-0.39, 0.29) is 18.1 Å². The molecule has 1 unspecified atom stereocenters. The number of rotatable bonds is 7. The van der Waals surface area contributed by atoms with Crippen molar-refractivity contribution in [1.29, 1.82) is 0 Å². The fourth-order valence-electron chi connectivity index (χ4n) is 3.49. The van der Waals surface area contributed by atoms with Crippen molar-refractivity contribution in [2.75, 3.05) is 30.3 Å². The zero-order valence-electron chi connectivity index (χ0n) is 17.2. The van der Waals surface area contributed by atoms with Crippen molar-refractivity contribution in [1.82, 2.24) is 15.3 Å². The number of cyclic esters (lactones) is 1. The average Bonchev–Trinajstić information content (AvgIpc) is 3.18. The van der Waals surface area contributed by atoms with E-state index in [1.54, 1.807) is 35.1 Å². The topological polar surface area (TPSA) is 93.7 Å². The zero-order chi connectivity index (χ0) is 21.6. The quantitative estimate of drug-likeness (QED) is 0.523. The standard InChI is InChI=1S/C22H24N4O4S/c1-15(27)25-12-20-13-26(22(28)30-20)18-5-3-16(4-6-18)17-7-10-29-19(11-17)14-31-21-23-8-2-9-24-21/h2-9,19-20H,10-14H2,1H3,(H,25,27)/t19?,20-/m0/s1. The zero-order valence-corrected chi connectivity index (χ0v) is 18.0. The maximum Gasteiger partial charge on any atom is 0.414 e. The monoisotopic (exact) mass is 440 g/mol. The summed E-state index contributed by atoms with van der Waals surface area (Å²) in [5, 5.41) is 3.44. The summed E-state index contributed by atoms with van der Waals surface area (Å²) < 4.78 is 11.2. The lowest BCUT2D eigenvalue weighted by Gasteiger charge is -2.23. The number of thioether (sulfide) groups is 1.